The lowest BCUT2D eigenvalue weighted by molar-refractivity contribution is -0.0200. The first kappa shape index (κ1) is 25.4. The first-order valence-electron chi connectivity index (χ1n) is 10.9. The molecule has 2 heterocycles. The van der Waals surface area contributed by atoms with Crippen LogP contribution in [-0.2, 0) is 22.6 Å². The Morgan fingerprint density at radius 1 is 1.18 bits per heavy atom. The van der Waals surface area contributed by atoms with Crippen molar-refractivity contribution >= 4 is 22.0 Å². The quantitative estimate of drug-likeness (QED) is 0.493. The first-order valence-corrected chi connectivity index (χ1v) is 11.7. The number of ether oxygens (including phenoxy) is 3. The third kappa shape index (κ3) is 7.65. The number of hydrogen-bond acceptors (Lipinski definition) is 6. The molecule has 33 heavy (non-hydrogen) atoms. The van der Waals surface area contributed by atoms with Crippen molar-refractivity contribution in [3.8, 4) is 5.75 Å². The summed E-state index contributed by atoms with van der Waals surface area (Å²) in [7, 11) is 1.64. The highest BCUT2D eigenvalue weighted by Crippen LogP contribution is 2.20. The van der Waals surface area contributed by atoms with Crippen LogP contribution in [0.5, 0.6) is 5.75 Å². The molecule has 1 amide bonds. The molecular formula is C24H31BrFN3O4. The summed E-state index contributed by atoms with van der Waals surface area (Å²) in [5.41, 5.74) is 0.810. The number of carbonyl (C=O) groups is 1. The van der Waals surface area contributed by atoms with Crippen LogP contribution < -0.4 is 4.74 Å². The summed E-state index contributed by atoms with van der Waals surface area (Å²) in [5.74, 6) is 0.393. The lowest BCUT2D eigenvalue weighted by atomic mass is 10.1. The number of aromatic nitrogens is 1. The summed E-state index contributed by atoms with van der Waals surface area (Å²) in [6, 6.07) is 10.7. The Kier molecular flexibility index (Phi) is 8.67. The van der Waals surface area contributed by atoms with Crippen molar-refractivity contribution in [2.24, 2.45) is 0 Å². The van der Waals surface area contributed by atoms with Gasteiger partial charge in [0, 0.05) is 26.2 Å². The minimum Gasteiger partial charge on any atom is -0.497 e. The van der Waals surface area contributed by atoms with Crippen molar-refractivity contribution in [1.29, 1.82) is 0 Å². The van der Waals surface area contributed by atoms with E-state index in [2.05, 4.69) is 25.8 Å². The normalized spacial score (nSPS) is 17.2. The average Bonchev–Trinajstić information content (AvgIpc) is 2.76. The Morgan fingerprint density at radius 3 is 2.58 bits per heavy atom. The topological polar surface area (TPSA) is 64.1 Å². The van der Waals surface area contributed by atoms with Crippen molar-refractivity contribution in [2.45, 2.75) is 45.6 Å². The van der Waals surface area contributed by atoms with E-state index in [4.69, 9.17) is 14.2 Å². The van der Waals surface area contributed by atoms with E-state index in [1.54, 1.807) is 18.1 Å². The van der Waals surface area contributed by atoms with E-state index in [0.717, 1.165) is 11.3 Å². The van der Waals surface area contributed by atoms with Crippen molar-refractivity contribution < 1.29 is 23.4 Å². The minimum absolute atomic E-state index is 0.0462. The Hall–Kier alpha value is -2.23. The number of halogens is 2. The molecule has 1 aliphatic rings. The number of hydrogen-bond donors (Lipinski definition) is 0. The van der Waals surface area contributed by atoms with Crippen molar-refractivity contribution in [3.63, 3.8) is 0 Å². The van der Waals surface area contributed by atoms with Crippen LogP contribution in [0.25, 0.3) is 0 Å². The molecule has 0 bridgehead atoms. The zero-order valence-electron chi connectivity index (χ0n) is 19.5. The van der Waals surface area contributed by atoms with Crippen LogP contribution in [0.15, 0.2) is 41.0 Å². The second-order valence-corrected chi connectivity index (χ2v) is 9.79. The van der Waals surface area contributed by atoms with E-state index in [1.807, 2.05) is 45.0 Å². The van der Waals surface area contributed by atoms with Gasteiger partial charge in [-0.05, 0) is 66.5 Å². The highest BCUT2D eigenvalue weighted by molar-refractivity contribution is 9.10. The molecule has 7 nitrogen and oxygen atoms in total. The number of nitrogens with zero attached hydrogens (tertiary/aromatic N) is 3. The molecule has 1 aliphatic heterocycles. The maximum absolute atomic E-state index is 14.0. The summed E-state index contributed by atoms with van der Waals surface area (Å²) < 4.78 is 31.2. The van der Waals surface area contributed by atoms with Gasteiger partial charge in [0.2, 0.25) is 0 Å². The van der Waals surface area contributed by atoms with E-state index in [9.17, 15) is 9.18 Å². The number of rotatable bonds is 7. The van der Waals surface area contributed by atoms with Gasteiger partial charge in [-0.25, -0.2) is 14.2 Å². The van der Waals surface area contributed by atoms with Crippen molar-refractivity contribution in [1.82, 2.24) is 14.8 Å². The minimum atomic E-state index is -0.562. The van der Waals surface area contributed by atoms with Gasteiger partial charge < -0.3 is 19.1 Å². The van der Waals surface area contributed by atoms with Gasteiger partial charge in [-0.2, -0.15) is 0 Å². The lowest BCUT2D eigenvalue weighted by Crippen LogP contribution is -2.56. The van der Waals surface area contributed by atoms with Crippen LogP contribution in [0.1, 0.15) is 32.0 Å². The molecule has 0 aliphatic carbocycles. The molecule has 1 saturated heterocycles. The smallest absolute Gasteiger partial charge is 0.410 e. The number of carbonyl (C=O) groups excluding carboxylic acids is 1. The molecule has 0 saturated carbocycles. The van der Waals surface area contributed by atoms with Crippen LogP contribution in [0.4, 0.5) is 9.18 Å². The molecule has 0 radical (unpaired) electrons. The van der Waals surface area contributed by atoms with Gasteiger partial charge >= 0.3 is 6.09 Å². The van der Waals surface area contributed by atoms with E-state index in [-0.39, 0.29) is 24.4 Å². The van der Waals surface area contributed by atoms with Gasteiger partial charge in [0.1, 0.15) is 27.5 Å². The molecule has 180 valence electrons. The second-order valence-electron chi connectivity index (χ2n) is 8.98. The molecular weight excluding hydrogens is 493 g/mol. The molecule has 3 rings (SSSR count). The molecule has 1 aromatic heterocycles. The standard InChI is InChI=1S/C24H31BrFN3O4/c1-24(2,3)33-23(30)29-12-11-28(13-17-5-7-19(31-4)8-6-17)18(14-29)15-32-16-21-20(26)9-10-22(25)27-21/h5-10,18H,11-16H2,1-4H3. The van der Waals surface area contributed by atoms with E-state index in [1.165, 1.54) is 6.07 Å². The largest absolute Gasteiger partial charge is 0.497 e. The SMILES string of the molecule is COc1ccc(CN2CCN(C(=O)OC(C)(C)C)CC2COCc2nc(Br)ccc2F)cc1. The summed E-state index contributed by atoms with van der Waals surface area (Å²) in [6.07, 6.45) is -0.337. The zero-order valence-corrected chi connectivity index (χ0v) is 21.1. The molecule has 2 aromatic rings. The highest BCUT2D eigenvalue weighted by atomic mass is 79.9. The predicted octanol–water partition coefficient (Wildman–Crippen LogP) is 4.63. The van der Waals surface area contributed by atoms with Gasteiger partial charge in [0.15, 0.2) is 0 Å². The van der Waals surface area contributed by atoms with Gasteiger partial charge in [0.25, 0.3) is 0 Å². The van der Waals surface area contributed by atoms with Crippen LogP contribution in [-0.4, -0.2) is 65.9 Å². The number of benzene rings is 1. The predicted molar refractivity (Wildman–Crippen MR) is 127 cm³/mol. The summed E-state index contributed by atoms with van der Waals surface area (Å²) in [5, 5.41) is 0. The maximum Gasteiger partial charge on any atom is 0.410 e. The fourth-order valence-electron chi connectivity index (χ4n) is 3.57. The molecule has 1 aromatic carbocycles. The first-order chi connectivity index (χ1) is 15.6. The van der Waals surface area contributed by atoms with Crippen LogP contribution in [0.2, 0.25) is 0 Å². The fraction of sp³-hybridized carbons (Fsp3) is 0.500. The maximum atomic E-state index is 14.0. The van der Waals surface area contributed by atoms with Crippen molar-refractivity contribution in [2.75, 3.05) is 33.4 Å². The van der Waals surface area contributed by atoms with Gasteiger partial charge in [-0.15, -0.1) is 0 Å². The molecule has 1 unspecified atom stereocenters. The van der Waals surface area contributed by atoms with Gasteiger partial charge in [0.05, 0.1) is 26.4 Å². The fourth-order valence-corrected chi connectivity index (χ4v) is 3.91. The average molecular weight is 524 g/mol. The Balaban J connectivity index is 1.67. The van der Waals surface area contributed by atoms with Gasteiger partial charge in [-0.3, -0.25) is 4.90 Å². The summed E-state index contributed by atoms with van der Waals surface area (Å²) in [4.78, 5) is 20.8. The van der Waals surface area contributed by atoms with Crippen LogP contribution in [0, 0.1) is 5.82 Å². The third-order valence-corrected chi connectivity index (χ3v) is 5.68. The summed E-state index contributed by atoms with van der Waals surface area (Å²) >= 11 is 3.26. The second kappa shape index (κ2) is 11.3. The zero-order chi connectivity index (χ0) is 24.0. The number of methoxy groups -OCH3 is 1. The Morgan fingerprint density at radius 2 is 1.91 bits per heavy atom. The van der Waals surface area contributed by atoms with Crippen molar-refractivity contribution in [3.05, 3.63) is 58.1 Å². The molecule has 0 N–H and O–H groups in total. The summed E-state index contributed by atoms with van der Waals surface area (Å²) in [6.45, 7) is 8.31. The van der Waals surface area contributed by atoms with E-state index < -0.39 is 11.4 Å². The Labute approximate surface area is 203 Å². The number of pyridine rings is 1. The Bertz CT molecular complexity index is 936. The lowest BCUT2D eigenvalue weighted by Gasteiger charge is -2.41. The van der Waals surface area contributed by atoms with Gasteiger partial charge in [-0.1, -0.05) is 12.1 Å². The number of amides is 1. The van der Waals surface area contributed by atoms with E-state index >= 15 is 0 Å². The molecule has 1 atom stereocenters. The van der Waals surface area contributed by atoms with Crippen LogP contribution in [0.3, 0.4) is 0 Å². The molecule has 9 heteroatoms. The van der Waals surface area contributed by atoms with E-state index in [0.29, 0.717) is 37.4 Å². The molecule has 1 fully saturated rings. The third-order valence-electron chi connectivity index (χ3n) is 5.23. The highest BCUT2D eigenvalue weighted by Gasteiger charge is 2.32. The monoisotopic (exact) mass is 523 g/mol. The van der Waals surface area contributed by atoms with Crippen LogP contribution >= 0.6 is 15.9 Å². The molecule has 0 spiro atoms. The number of piperazine rings is 1.